The smallest absolute Gasteiger partial charge is 0.00577 e. The highest BCUT2D eigenvalue weighted by atomic mass is 31.0. The molecule has 1 rings (SSSR count). The van der Waals surface area contributed by atoms with Crippen LogP contribution in [0.25, 0.3) is 0 Å². The lowest BCUT2D eigenvalue weighted by Gasteiger charge is -2.13. The molecule has 1 aromatic carbocycles. The average Bonchev–Trinajstić information content (AvgIpc) is 2.30. The minimum atomic E-state index is 0.423. The van der Waals surface area contributed by atoms with E-state index in [0.29, 0.717) is 5.92 Å². The zero-order valence-electron chi connectivity index (χ0n) is 9.98. The molecule has 84 valence electrons. The van der Waals surface area contributed by atoms with Crippen molar-refractivity contribution in [1.82, 2.24) is 0 Å². The van der Waals surface area contributed by atoms with E-state index in [1.54, 1.807) is 0 Å². The predicted octanol–water partition coefficient (Wildman–Crippen LogP) is 3.98. The summed E-state index contributed by atoms with van der Waals surface area (Å²) in [6.07, 6.45) is 8.06. The maximum Gasteiger partial charge on any atom is 0.00577 e. The first-order chi connectivity index (χ1) is 7.69. The van der Waals surface area contributed by atoms with Crippen molar-refractivity contribution in [2.45, 2.75) is 19.8 Å². The van der Waals surface area contributed by atoms with Gasteiger partial charge in [0.2, 0.25) is 0 Å². The highest BCUT2D eigenvalue weighted by Gasteiger charge is 2.07. The van der Waals surface area contributed by atoms with Crippen LogP contribution in [0.15, 0.2) is 60.7 Å². The normalized spacial score (nSPS) is 14.1. The van der Waals surface area contributed by atoms with Gasteiger partial charge in [-0.2, -0.15) is 0 Å². The van der Waals surface area contributed by atoms with Crippen molar-refractivity contribution in [2.75, 3.05) is 0 Å². The molecule has 1 heteroatoms. The van der Waals surface area contributed by atoms with Crippen molar-refractivity contribution >= 4 is 14.5 Å². The molecule has 0 aliphatic heterocycles. The number of hydrogen-bond acceptors (Lipinski definition) is 0. The van der Waals surface area contributed by atoms with Gasteiger partial charge in [-0.3, -0.25) is 0 Å². The van der Waals surface area contributed by atoms with Gasteiger partial charge in [-0.15, -0.1) is 9.24 Å². The third-order valence-electron chi connectivity index (χ3n) is 2.69. The lowest BCUT2D eigenvalue weighted by molar-refractivity contribution is 0.919. The summed E-state index contributed by atoms with van der Waals surface area (Å²) >= 11 is 0. The maximum atomic E-state index is 3.69. The molecular formula is C15H19P. The third kappa shape index (κ3) is 3.47. The van der Waals surface area contributed by atoms with E-state index in [1.165, 1.54) is 16.4 Å². The molecule has 0 radical (unpaired) electrons. The van der Waals surface area contributed by atoms with Gasteiger partial charge in [-0.25, -0.2) is 0 Å². The molecule has 0 nitrogen and oxygen atoms in total. The predicted molar refractivity (Wildman–Crippen MR) is 77.3 cm³/mol. The van der Waals surface area contributed by atoms with Crippen LogP contribution < -0.4 is 5.30 Å². The SMILES string of the molecule is C=C/C=C\C(=C/C)C(C)c1ccc(P)cc1. The van der Waals surface area contributed by atoms with Crippen LogP contribution in [0.2, 0.25) is 0 Å². The van der Waals surface area contributed by atoms with Crippen LogP contribution in [0.4, 0.5) is 0 Å². The third-order valence-corrected chi connectivity index (χ3v) is 3.08. The number of allylic oxidation sites excluding steroid dienone is 5. The van der Waals surface area contributed by atoms with Crippen molar-refractivity contribution in [1.29, 1.82) is 0 Å². The van der Waals surface area contributed by atoms with Gasteiger partial charge >= 0.3 is 0 Å². The van der Waals surface area contributed by atoms with E-state index in [4.69, 9.17) is 0 Å². The summed E-state index contributed by atoms with van der Waals surface area (Å²) in [5.41, 5.74) is 2.66. The van der Waals surface area contributed by atoms with E-state index in [1.807, 2.05) is 12.2 Å². The minimum Gasteiger partial charge on any atom is -0.106 e. The highest BCUT2D eigenvalue weighted by molar-refractivity contribution is 7.27. The zero-order valence-corrected chi connectivity index (χ0v) is 11.1. The van der Waals surface area contributed by atoms with Gasteiger partial charge in [0.25, 0.3) is 0 Å². The van der Waals surface area contributed by atoms with E-state index in [9.17, 15) is 0 Å². The number of benzene rings is 1. The summed E-state index contributed by atoms with van der Waals surface area (Å²) in [5.74, 6) is 0.423. The van der Waals surface area contributed by atoms with Gasteiger partial charge in [-0.05, 0) is 23.4 Å². The Hall–Kier alpha value is -1.13. The van der Waals surface area contributed by atoms with Crippen LogP contribution >= 0.6 is 9.24 Å². The van der Waals surface area contributed by atoms with E-state index in [2.05, 4.69) is 66.1 Å². The Morgan fingerprint density at radius 3 is 2.44 bits per heavy atom. The Morgan fingerprint density at radius 2 is 1.94 bits per heavy atom. The summed E-state index contributed by atoms with van der Waals surface area (Å²) < 4.78 is 0. The largest absolute Gasteiger partial charge is 0.106 e. The fourth-order valence-electron chi connectivity index (χ4n) is 1.65. The molecule has 16 heavy (non-hydrogen) atoms. The monoisotopic (exact) mass is 230 g/mol. The van der Waals surface area contributed by atoms with E-state index < -0.39 is 0 Å². The fourth-order valence-corrected chi connectivity index (χ4v) is 1.84. The number of rotatable bonds is 4. The summed E-state index contributed by atoms with van der Waals surface area (Å²) in [5, 5.41) is 1.22. The van der Waals surface area contributed by atoms with Crippen LogP contribution in [0.1, 0.15) is 25.3 Å². The summed E-state index contributed by atoms with van der Waals surface area (Å²) in [6, 6.07) is 8.61. The molecule has 0 aliphatic rings. The highest BCUT2D eigenvalue weighted by Crippen LogP contribution is 2.24. The lowest BCUT2D eigenvalue weighted by atomic mass is 9.92. The quantitative estimate of drug-likeness (QED) is 0.542. The molecule has 0 bridgehead atoms. The topological polar surface area (TPSA) is 0 Å². The van der Waals surface area contributed by atoms with E-state index in [-0.39, 0.29) is 0 Å². The first-order valence-corrected chi connectivity index (χ1v) is 6.07. The fraction of sp³-hybridized carbons (Fsp3) is 0.200. The molecule has 0 aliphatic carbocycles. The van der Waals surface area contributed by atoms with Crippen molar-refractivity contribution in [2.24, 2.45) is 0 Å². The average molecular weight is 230 g/mol. The molecule has 0 N–H and O–H groups in total. The van der Waals surface area contributed by atoms with Crippen LogP contribution in [0.5, 0.6) is 0 Å². The summed E-state index contributed by atoms with van der Waals surface area (Å²) in [4.78, 5) is 0. The van der Waals surface area contributed by atoms with Crippen LogP contribution in [-0.4, -0.2) is 0 Å². The Bertz CT molecular complexity index is 396. The van der Waals surface area contributed by atoms with Gasteiger partial charge < -0.3 is 0 Å². The van der Waals surface area contributed by atoms with Gasteiger partial charge in [0.15, 0.2) is 0 Å². The molecule has 0 amide bonds. The van der Waals surface area contributed by atoms with Crippen molar-refractivity contribution in [3.63, 3.8) is 0 Å². The van der Waals surface area contributed by atoms with Gasteiger partial charge in [0, 0.05) is 5.92 Å². The van der Waals surface area contributed by atoms with Crippen LogP contribution in [0.3, 0.4) is 0 Å². The zero-order chi connectivity index (χ0) is 12.0. The number of hydrogen-bond donors (Lipinski definition) is 0. The lowest BCUT2D eigenvalue weighted by Crippen LogP contribution is -1.98. The molecule has 0 saturated heterocycles. The second kappa shape index (κ2) is 6.45. The molecule has 0 spiro atoms. The molecule has 0 fully saturated rings. The molecule has 0 heterocycles. The van der Waals surface area contributed by atoms with Gasteiger partial charge in [-0.1, -0.05) is 62.1 Å². The second-order valence-electron chi connectivity index (χ2n) is 3.77. The molecule has 2 atom stereocenters. The van der Waals surface area contributed by atoms with Crippen LogP contribution in [-0.2, 0) is 0 Å². The Morgan fingerprint density at radius 1 is 1.31 bits per heavy atom. The molecule has 0 aromatic heterocycles. The first-order valence-electron chi connectivity index (χ1n) is 5.49. The Kier molecular flexibility index (Phi) is 5.22. The van der Waals surface area contributed by atoms with Gasteiger partial charge in [0.05, 0.1) is 0 Å². The Labute approximate surface area is 101 Å². The van der Waals surface area contributed by atoms with Crippen molar-refractivity contribution in [3.05, 3.63) is 66.3 Å². The van der Waals surface area contributed by atoms with E-state index >= 15 is 0 Å². The second-order valence-corrected chi connectivity index (χ2v) is 4.44. The minimum absolute atomic E-state index is 0.423. The van der Waals surface area contributed by atoms with Gasteiger partial charge in [0.1, 0.15) is 0 Å². The van der Waals surface area contributed by atoms with Crippen molar-refractivity contribution < 1.29 is 0 Å². The molecule has 0 saturated carbocycles. The van der Waals surface area contributed by atoms with Crippen LogP contribution in [0, 0.1) is 0 Å². The Balaban J connectivity index is 2.91. The maximum absolute atomic E-state index is 3.69. The molecular weight excluding hydrogens is 211 g/mol. The summed E-state index contributed by atoms with van der Waals surface area (Å²) in [7, 11) is 2.71. The standard InChI is InChI=1S/C15H19P/c1-4-6-7-13(5-2)12(3)14-8-10-15(16)11-9-14/h4-12H,1,16H2,2-3H3/b7-6-,13-5+. The first kappa shape index (κ1) is 12.9. The van der Waals surface area contributed by atoms with Crippen molar-refractivity contribution in [3.8, 4) is 0 Å². The van der Waals surface area contributed by atoms with E-state index in [0.717, 1.165) is 0 Å². The summed E-state index contributed by atoms with van der Waals surface area (Å²) in [6.45, 7) is 7.99. The molecule has 2 unspecified atom stereocenters. The molecule has 1 aromatic rings.